The topological polar surface area (TPSA) is 78.4 Å². The Bertz CT molecular complexity index is 374. The molecule has 1 aliphatic rings. The van der Waals surface area contributed by atoms with Crippen LogP contribution in [0, 0.1) is 11.3 Å². The van der Waals surface area contributed by atoms with E-state index in [1.165, 1.54) is 6.42 Å². The third kappa shape index (κ3) is 6.77. The van der Waals surface area contributed by atoms with E-state index in [0.717, 1.165) is 25.7 Å². The van der Waals surface area contributed by atoms with Gasteiger partial charge in [-0.25, -0.2) is 0 Å². The van der Waals surface area contributed by atoms with Gasteiger partial charge in [-0.15, -0.1) is 0 Å². The second-order valence-corrected chi connectivity index (χ2v) is 7.50. The lowest BCUT2D eigenvalue weighted by Crippen LogP contribution is -2.48. The van der Waals surface area contributed by atoms with Crippen LogP contribution in [0.3, 0.4) is 0 Å². The van der Waals surface area contributed by atoms with Crippen LogP contribution in [0.2, 0.25) is 0 Å². The molecule has 2 amide bonds. The summed E-state index contributed by atoms with van der Waals surface area (Å²) in [6, 6.07) is -0.517. The molecule has 0 radical (unpaired) electrons. The summed E-state index contributed by atoms with van der Waals surface area (Å²) in [5, 5.41) is 15.2. The van der Waals surface area contributed by atoms with Gasteiger partial charge < -0.3 is 15.7 Å². The van der Waals surface area contributed by atoms with Crippen molar-refractivity contribution < 1.29 is 14.7 Å². The number of carbonyl (C=O) groups is 2. The van der Waals surface area contributed by atoms with E-state index in [4.69, 9.17) is 0 Å². The minimum absolute atomic E-state index is 0.00518. The predicted molar refractivity (Wildman–Crippen MR) is 87.3 cm³/mol. The fraction of sp³-hybridized carbons (Fsp3) is 0.882. The van der Waals surface area contributed by atoms with Crippen LogP contribution in [-0.2, 0) is 9.59 Å². The first-order valence-corrected chi connectivity index (χ1v) is 8.47. The molecule has 2 atom stereocenters. The molecule has 0 aromatic carbocycles. The van der Waals surface area contributed by atoms with E-state index in [9.17, 15) is 14.7 Å². The fourth-order valence-electron chi connectivity index (χ4n) is 3.11. The summed E-state index contributed by atoms with van der Waals surface area (Å²) in [5.74, 6) is -0.0934. The van der Waals surface area contributed by atoms with Crippen LogP contribution >= 0.6 is 0 Å². The fourth-order valence-corrected chi connectivity index (χ4v) is 3.11. The normalized spacial score (nSPS) is 19.3. The molecule has 0 unspecified atom stereocenters. The van der Waals surface area contributed by atoms with E-state index in [-0.39, 0.29) is 23.1 Å². The van der Waals surface area contributed by atoms with Crippen molar-refractivity contribution in [2.24, 2.45) is 11.3 Å². The zero-order chi connectivity index (χ0) is 16.8. The molecule has 1 rings (SSSR count). The molecule has 1 aliphatic carbocycles. The summed E-state index contributed by atoms with van der Waals surface area (Å²) < 4.78 is 0. The van der Waals surface area contributed by atoms with Crippen molar-refractivity contribution in [1.82, 2.24) is 10.6 Å². The smallest absolute Gasteiger partial charge is 0.242 e. The van der Waals surface area contributed by atoms with E-state index in [0.29, 0.717) is 13.0 Å². The summed E-state index contributed by atoms with van der Waals surface area (Å²) in [4.78, 5) is 24.2. The van der Waals surface area contributed by atoms with E-state index < -0.39 is 12.1 Å². The first-order chi connectivity index (χ1) is 10.2. The summed E-state index contributed by atoms with van der Waals surface area (Å²) in [7, 11) is 0. The van der Waals surface area contributed by atoms with Crippen LogP contribution in [-0.4, -0.2) is 35.6 Å². The largest absolute Gasteiger partial charge is 0.393 e. The van der Waals surface area contributed by atoms with E-state index in [1.807, 2.05) is 13.8 Å². The van der Waals surface area contributed by atoms with Crippen LogP contribution in [0.4, 0.5) is 0 Å². The SMILES string of the molecule is C[C@H](O)CC(C)(C)CNC(=O)[C@@H](C)NC(=O)C1CCCCC1. The van der Waals surface area contributed by atoms with Crippen LogP contribution in [0.5, 0.6) is 0 Å². The number of carbonyl (C=O) groups excluding carboxylic acids is 2. The molecule has 5 heteroatoms. The summed E-state index contributed by atoms with van der Waals surface area (Å²) in [6.07, 6.45) is 5.51. The zero-order valence-electron chi connectivity index (χ0n) is 14.4. The molecular weight excluding hydrogens is 280 g/mol. The third-order valence-corrected chi connectivity index (χ3v) is 4.32. The molecule has 0 aromatic rings. The summed E-state index contributed by atoms with van der Waals surface area (Å²) in [5.41, 5.74) is -0.170. The van der Waals surface area contributed by atoms with Crippen molar-refractivity contribution in [3.63, 3.8) is 0 Å². The molecule has 0 aliphatic heterocycles. The standard InChI is InChI=1S/C17H32N2O3/c1-12(20)10-17(3,4)11-18-15(21)13(2)19-16(22)14-8-6-5-7-9-14/h12-14,20H,5-11H2,1-4H3,(H,18,21)(H,19,22)/t12-,13+/m0/s1. The molecule has 128 valence electrons. The number of nitrogens with one attached hydrogen (secondary N) is 2. The average Bonchev–Trinajstić information content (AvgIpc) is 2.44. The molecule has 22 heavy (non-hydrogen) atoms. The van der Waals surface area contributed by atoms with Gasteiger partial charge in [0, 0.05) is 12.5 Å². The van der Waals surface area contributed by atoms with Crippen LogP contribution in [0.1, 0.15) is 66.2 Å². The summed E-state index contributed by atoms with van der Waals surface area (Å²) in [6.45, 7) is 7.96. The van der Waals surface area contributed by atoms with Crippen LogP contribution in [0.25, 0.3) is 0 Å². The molecule has 5 nitrogen and oxygen atoms in total. The molecule has 0 bridgehead atoms. The van der Waals surface area contributed by atoms with Gasteiger partial charge in [0.2, 0.25) is 11.8 Å². The van der Waals surface area contributed by atoms with Crippen molar-refractivity contribution in [1.29, 1.82) is 0 Å². The number of rotatable bonds is 7. The van der Waals surface area contributed by atoms with Crippen molar-refractivity contribution in [3.05, 3.63) is 0 Å². The Balaban J connectivity index is 2.36. The Hall–Kier alpha value is -1.10. The predicted octanol–water partition coefficient (Wildman–Crippen LogP) is 1.98. The van der Waals surface area contributed by atoms with Crippen LogP contribution in [0.15, 0.2) is 0 Å². The highest BCUT2D eigenvalue weighted by Gasteiger charge is 2.26. The molecule has 3 N–H and O–H groups in total. The van der Waals surface area contributed by atoms with Gasteiger partial charge in [0.25, 0.3) is 0 Å². The van der Waals surface area contributed by atoms with Crippen LogP contribution < -0.4 is 10.6 Å². The van der Waals surface area contributed by atoms with Crippen molar-refractivity contribution >= 4 is 11.8 Å². The second kappa shape index (κ2) is 8.51. The molecule has 0 spiro atoms. The monoisotopic (exact) mass is 312 g/mol. The Morgan fingerprint density at radius 3 is 2.32 bits per heavy atom. The highest BCUT2D eigenvalue weighted by atomic mass is 16.3. The third-order valence-electron chi connectivity index (χ3n) is 4.32. The maximum atomic E-state index is 12.1. The Morgan fingerprint density at radius 2 is 1.77 bits per heavy atom. The lowest BCUT2D eigenvalue weighted by Gasteiger charge is -2.27. The lowest BCUT2D eigenvalue weighted by molar-refractivity contribution is -0.131. The first kappa shape index (κ1) is 18.9. The van der Waals surface area contributed by atoms with E-state index >= 15 is 0 Å². The molecule has 0 saturated heterocycles. The molecule has 1 saturated carbocycles. The highest BCUT2D eigenvalue weighted by molar-refractivity contribution is 5.88. The van der Waals surface area contributed by atoms with Gasteiger partial charge in [0.1, 0.15) is 6.04 Å². The van der Waals surface area contributed by atoms with Gasteiger partial charge >= 0.3 is 0 Å². The summed E-state index contributed by atoms with van der Waals surface area (Å²) >= 11 is 0. The first-order valence-electron chi connectivity index (χ1n) is 8.47. The van der Waals surface area contributed by atoms with Crippen molar-refractivity contribution in [3.8, 4) is 0 Å². The number of aliphatic hydroxyl groups is 1. The number of hydrogen-bond donors (Lipinski definition) is 3. The zero-order valence-corrected chi connectivity index (χ0v) is 14.4. The maximum Gasteiger partial charge on any atom is 0.242 e. The minimum Gasteiger partial charge on any atom is -0.393 e. The average molecular weight is 312 g/mol. The lowest BCUT2D eigenvalue weighted by atomic mass is 9.87. The Kier molecular flexibility index (Phi) is 7.33. The molecule has 0 heterocycles. The highest BCUT2D eigenvalue weighted by Crippen LogP contribution is 2.24. The van der Waals surface area contributed by atoms with E-state index in [2.05, 4.69) is 10.6 Å². The van der Waals surface area contributed by atoms with Gasteiger partial charge in [-0.2, -0.15) is 0 Å². The quantitative estimate of drug-likeness (QED) is 0.672. The van der Waals surface area contributed by atoms with Crippen molar-refractivity contribution in [2.75, 3.05) is 6.54 Å². The number of aliphatic hydroxyl groups excluding tert-OH is 1. The maximum absolute atomic E-state index is 12.1. The Labute approximate surface area is 134 Å². The van der Waals surface area contributed by atoms with Crippen molar-refractivity contribution in [2.45, 2.75) is 78.4 Å². The van der Waals surface area contributed by atoms with Gasteiger partial charge in [-0.3, -0.25) is 9.59 Å². The van der Waals surface area contributed by atoms with E-state index in [1.54, 1.807) is 13.8 Å². The second-order valence-electron chi connectivity index (χ2n) is 7.50. The minimum atomic E-state index is -0.517. The van der Waals surface area contributed by atoms with Gasteiger partial charge in [-0.1, -0.05) is 33.1 Å². The molecular formula is C17H32N2O3. The Morgan fingerprint density at radius 1 is 1.18 bits per heavy atom. The molecule has 1 fully saturated rings. The number of amides is 2. The molecule has 0 aromatic heterocycles. The van der Waals surface area contributed by atoms with Gasteiger partial charge in [-0.05, 0) is 38.5 Å². The number of hydrogen-bond acceptors (Lipinski definition) is 3. The van der Waals surface area contributed by atoms with Gasteiger partial charge in [0.05, 0.1) is 6.10 Å². The van der Waals surface area contributed by atoms with Gasteiger partial charge in [0.15, 0.2) is 0 Å².